The molecule has 0 aliphatic rings. The third-order valence-electron chi connectivity index (χ3n) is 2.28. The molecule has 2 aromatic rings. The summed E-state index contributed by atoms with van der Waals surface area (Å²) in [6, 6.07) is 11.2. The molecule has 19 heavy (non-hydrogen) atoms. The Morgan fingerprint density at radius 1 is 1.11 bits per heavy atom. The Hall–Kier alpha value is -1.05. The van der Waals surface area contributed by atoms with Crippen LogP contribution in [0.4, 0.5) is 11.4 Å². The van der Waals surface area contributed by atoms with Gasteiger partial charge in [-0.2, -0.15) is 0 Å². The Bertz CT molecular complexity index is 651. The first-order valence-corrected chi connectivity index (χ1v) is 8.98. The summed E-state index contributed by atoms with van der Waals surface area (Å²) >= 11 is 5.10. The van der Waals surface area contributed by atoms with E-state index in [0.717, 1.165) is 22.3 Å². The number of nitrogens with one attached hydrogen (secondary N) is 2. The molecule has 7 heteroatoms. The minimum atomic E-state index is -3.22. The van der Waals surface area contributed by atoms with E-state index in [2.05, 4.69) is 32.0 Å². The molecule has 0 saturated carbocycles. The molecule has 0 amide bonds. The van der Waals surface area contributed by atoms with Gasteiger partial charge in [0.2, 0.25) is 10.0 Å². The molecule has 2 N–H and O–H groups in total. The zero-order valence-electron chi connectivity index (χ0n) is 10.2. The lowest BCUT2D eigenvalue weighted by atomic mass is 10.3. The Kier molecular flexibility index (Phi) is 4.49. The molecule has 0 aliphatic heterocycles. The fourth-order valence-corrected chi connectivity index (χ4v) is 3.49. The summed E-state index contributed by atoms with van der Waals surface area (Å²) in [6.07, 6.45) is 1.13. The number of benzene rings is 1. The highest BCUT2D eigenvalue weighted by Crippen LogP contribution is 2.23. The van der Waals surface area contributed by atoms with Crippen molar-refractivity contribution in [3.8, 4) is 0 Å². The molecule has 0 fully saturated rings. The average Bonchev–Trinajstić information content (AvgIpc) is 2.72. The number of sulfonamides is 1. The molecular weight excluding hydrogens is 348 g/mol. The van der Waals surface area contributed by atoms with E-state index >= 15 is 0 Å². The third kappa shape index (κ3) is 4.85. The van der Waals surface area contributed by atoms with Gasteiger partial charge in [-0.3, -0.25) is 4.72 Å². The van der Waals surface area contributed by atoms with Gasteiger partial charge < -0.3 is 5.32 Å². The van der Waals surface area contributed by atoms with Gasteiger partial charge in [-0.15, -0.1) is 11.3 Å². The molecule has 0 saturated heterocycles. The molecule has 1 aromatic heterocycles. The molecule has 0 aliphatic carbocycles. The summed E-state index contributed by atoms with van der Waals surface area (Å²) in [5.41, 5.74) is 1.51. The molecule has 0 radical (unpaired) electrons. The van der Waals surface area contributed by atoms with Gasteiger partial charge in [-0.25, -0.2) is 8.42 Å². The second-order valence-corrected chi connectivity index (χ2v) is 8.31. The summed E-state index contributed by atoms with van der Waals surface area (Å²) in [4.78, 5) is 1.23. The van der Waals surface area contributed by atoms with Crippen LogP contribution >= 0.6 is 27.3 Å². The minimum absolute atomic E-state index is 0.562. The Morgan fingerprint density at radius 2 is 1.74 bits per heavy atom. The zero-order chi connectivity index (χ0) is 13.9. The highest BCUT2D eigenvalue weighted by Gasteiger charge is 2.02. The monoisotopic (exact) mass is 360 g/mol. The second-order valence-electron chi connectivity index (χ2n) is 4.01. The van der Waals surface area contributed by atoms with E-state index in [4.69, 9.17) is 0 Å². The van der Waals surface area contributed by atoms with Crippen molar-refractivity contribution in [2.75, 3.05) is 16.3 Å². The van der Waals surface area contributed by atoms with Crippen LogP contribution in [0.1, 0.15) is 4.88 Å². The minimum Gasteiger partial charge on any atom is -0.380 e. The summed E-state index contributed by atoms with van der Waals surface area (Å²) in [6.45, 7) is 0.745. The maximum absolute atomic E-state index is 11.1. The Labute approximate surface area is 125 Å². The topological polar surface area (TPSA) is 58.2 Å². The summed E-state index contributed by atoms with van der Waals surface area (Å²) in [7, 11) is -3.22. The van der Waals surface area contributed by atoms with Gasteiger partial charge in [0.15, 0.2) is 0 Å². The van der Waals surface area contributed by atoms with Crippen molar-refractivity contribution in [3.63, 3.8) is 0 Å². The molecule has 0 atom stereocenters. The van der Waals surface area contributed by atoms with E-state index in [0.29, 0.717) is 5.69 Å². The number of anilines is 2. The van der Waals surface area contributed by atoms with Gasteiger partial charge in [0.25, 0.3) is 0 Å². The van der Waals surface area contributed by atoms with Crippen LogP contribution in [0.25, 0.3) is 0 Å². The van der Waals surface area contributed by atoms with Gasteiger partial charge >= 0.3 is 0 Å². The van der Waals surface area contributed by atoms with Crippen LogP contribution in [0.5, 0.6) is 0 Å². The Balaban J connectivity index is 1.95. The normalized spacial score (nSPS) is 11.3. The molecule has 2 rings (SSSR count). The van der Waals surface area contributed by atoms with Crippen molar-refractivity contribution < 1.29 is 8.42 Å². The standard InChI is InChI=1S/C12H13BrN2O2S2/c1-19(16,17)15-10-4-2-9(3-5-10)14-8-11-6-7-12(13)18-11/h2-7,14-15H,8H2,1H3. The lowest BCUT2D eigenvalue weighted by Crippen LogP contribution is -2.09. The zero-order valence-corrected chi connectivity index (χ0v) is 13.4. The molecule has 1 aromatic carbocycles. The van der Waals surface area contributed by atoms with Crippen LogP contribution in [-0.2, 0) is 16.6 Å². The fraction of sp³-hybridized carbons (Fsp3) is 0.167. The molecule has 0 unspecified atom stereocenters. The molecule has 0 bridgehead atoms. The van der Waals surface area contributed by atoms with Crippen LogP contribution < -0.4 is 10.0 Å². The van der Waals surface area contributed by atoms with E-state index in [1.807, 2.05) is 18.2 Å². The van der Waals surface area contributed by atoms with Gasteiger partial charge in [0.05, 0.1) is 10.0 Å². The van der Waals surface area contributed by atoms with Crippen LogP contribution in [0.2, 0.25) is 0 Å². The smallest absolute Gasteiger partial charge is 0.229 e. The fourth-order valence-electron chi connectivity index (χ4n) is 1.51. The quantitative estimate of drug-likeness (QED) is 0.857. The highest BCUT2D eigenvalue weighted by molar-refractivity contribution is 9.11. The second kappa shape index (κ2) is 5.94. The number of rotatable bonds is 5. The van der Waals surface area contributed by atoms with Crippen LogP contribution in [-0.4, -0.2) is 14.7 Å². The first-order valence-electron chi connectivity index (χ1n) is 5.48. The summed E-state index contributed by atoms with van der Waals surface area (Å²) in [5.74, 6) is 0. The lowest BCUT2D eigenvalue weighted by Gasteiger charge is -2.07. The maximum Gasteiger partial charge on any atom is 0.229 e. The van der Waals surface area contributed by atoms with Crippen LogP contribution in [0.3, 0.4) is 0 Å². The predicted octanol–water partition coefficient (Wildman–Crippen LogP) is 3.49. The van der Waals surface area contributed by atoms with Crippen molar-refractivity contribution >= 4 is 48.7 Å². The van der Waals surface area contributed by atoms with Crippen LogP contribution in [0, 0.1) is 0 Å². The first-order chi connectivity index (χ1) is 8.92. The largest absolute Gasteiger partial charge is 0.380 e. The molecule has 1 heterocycles. The molecule has 102 valence electrons. The van der Waals surface area contributed by atoms with E-state index in [1.165, 1.54) is 4.88 Å². The van der Waals surface area contributed by atoms with E-state index in [9.17, 15) is 8.42 Å². The highest BCUT2D eigenvalue weighted by atomic mass is 79.9. The Morgan fingerprint density at radius 3 is 2.26 bits per heavy atom. The number of hydrogen-bond acceptors (Lipinski definition) is 4. The van der Waals surface area contributed by atoms with Gasteiger partial charge in [-0.1, -0.05) is 0 Å². The number of thiophene rings is 1. The molecule has 0 spiro atoms. The molecule has 4 nitrogen and oxygen atoms in total. The van der Waals surface area contributed by atoms with E-state index in [-0.39, 0.29) is 0 Å². The van der Waals surface area contributed by atoms with Crippen LogP contribution in [0.15, 0.2) is 40.2 Å². The van der Waals surface area contributed by atoms with Crippen molar-refractivity contribution in [2.24, 2.45) is 0 Å². The van der Waals surface area contributed by atoms with Gasteiger partial charge in [-0.05, 0) is 52.3 Å². The number of hydrogen-bond donors (Lipinski definition) is 2. The third-order valence-corrected chi connectivity index (χ3v) is 4.51. The summed E-state index contributed by atoms with van der Waals surface area (Å²) < 4.78 is 25.7. The van der Waals surface area contributed by atoms with E-state index in [1.54, 1.807) is 23.5 Å². The molecular formula is C12H13BrN2O2S2. The van der Waals surface area contributed by atoms with Crippen molar-refractivity contribution in [3.05, 3.63) is 45.1 Å². The van der Waals surface area contributed by atoms with Gasteiger partial charge in [0.1, 0.15) is 0 Å². The first kappa shape index (κ1) is 14.4. The SMILES string of the molecule is CS(=O)(=O)Nc1ccc(NCc2ccc(Br)s2)cc1. The number of halogens is 1. The lowest BCUT2D eigenvalue weighted by molar-refractivity contribution is 0.607. The average molecular weight is 361 g/mol. The maximum atomic E-state index is 11.1. The summed E-state index contributed by atoms with van der Waals surface area (Å²) in [5, 5.41) is 3.28. The van der Waals surface area contributed by atoms with Crippen molar-refractivity contribution in [1.29, 1.82) is 0 Å². The predicted molar refractivity (Wildman–Crippen MR) is 84.3 cm³/mol. The van der Waals surface area contributed by atoms with Crippen molar-refractivity contribution in [2.45, 2.75) is 6.54 Å². The van der Waals surface area contributed by atoms with Crippen molar-refractivity contribution in [1.82, 2.24) is 0 Å². The van der Waals surface area contributed by atoms with Gasteiger partial charge in [0, 0.05) is 22.8 Å². The van der Waals surface area contributed by atoms with E-state index < -0.39 is 10.0 Å².